The zero-order valence-corrected chi connectivity index (χ0v) is 13.0. The molecule has 116 valence electrons. The SMILES string of the molecule is CCCCCNC(=O)CC(C)c1ccc2c(c1)OCCO2. The van der Waals surface area contributed by atoms with Crippen LogP contribution in [0.1, 0.15) is 51.0 Å². The summed E-state index contributed by atoms with van der Waals surface area (Å²) in [6.07, 6.45) is 3.90. The van der Waals surface area contributed by atoms with E-state index in [0.717, 1.165) is 36.4 Å². The Labute approximate surface area is 126 Å². The summed E-state index contributed by atoms with van der Waals surface area (Å²) in [5.74, 6) is 1.87. The molecule has 1 aliphatic heterocycles. The third-order valence-corrected chi connectivity index (χ3v) is 3.73. The Morgan fingerprint density at radius 3 is 2.76 bits per heavy atom. The van der Waals surface area contributed by atoms with E-state index in [4.69, 9.17) is 9.47 Å². The molecule has 0 spiro atoms. The Bertz CT molecular complexity index is 473. The van der Waals surface area contributed by atoms with Gasteiger partial charge in [-0.1, -0.05) is 32.8 Å². The van der Waals surface area contributed by atoms with Crippen molar-refractivity contribution >= 4 is 5.91 Å². The highest BCUT2D eigenvalue weighted by molar-refractivity contribution is 5.76. The Morgan fingerprint density at radius 1 is 1.24 bits per heavy atom. The summed E-state index contributed by atoms with van der Waals surface area (Å²) in [7, 11) is 0. The number of carbonyl (C=O) groups excluding carboxylic acids is 1. The van der Waals surface area contributed by atoms with E-state index in [1.165, 1.54) is 6.42 Å². The van der Waals surface area contributed by atoms with Gasteiger partial charge in [0.1, 0.15) is 13.2 Å². The number of ether oxygens (including phenoxy) is 2. The van der Waals surface area contributed by atoms with Crippen molar-refractivity contribution in [2.24, 2.45) is 0 Å². The van der Waals surface area contributed by atoms with Gasteiger partial charge in [0.2, 0.25) is 5.91 Å². The molecule has 0 bridgehead atoms. The molecule has 21 heavy (non-hydrogen) atoms. The number of rotatable bonds is 7. The molecule has 0 radical (unpaired) electrons. The summed E-state index contributed by atoms with van der Waals surface area (Å²) in [5, 5.41) is 2.99. The largest absolute Gasteiger partial charge is 0.486 e. The minimum absolute atomic E-state index is 0.119. The summed E-state index contributed by atoms with van der Waals surface area (Å²) >= 11 is 0. The molecule has 1 atom stereocenters. The Hall–Kier alpha value is -1.71. The molecule has 1 aliphatic rings. The van der Waals surface area contributed by atoms with Gasteiger partial charge in [0, 0.05) is 13.0 Å². The smallest absolute Gasteiger partial charge is 0.220 e. The summed E-state index contributed by atoms with van der Waals surface area (Å²) in [5.41, 5.74) is 1.11. The van der Waals surface area contributed by atoms with Gasteiger partial charge in [0.25, 0.3) is 0 Å². The van der Waals surface area contributed by atoms with E-state index in [-0.39, 0.29) is 11.8 Å². The topological polar surface area (TPSA) is 47.6 Å². The van der Waals surface area contributed by atoms with Gasteiger partial charge < -0.3 is 14.8 Å². The van der Waals surface area contributed by atoms with Gasteiger partial charge in [0.15, 0.2) is 11.5 Å². The first kappa shape index (κ1) is 15.7. The number of hydrogen-bond acceptors (Lipinski definition) is 3. The van der Waals surface area contributed by atoms with Crippen molar-refractivity contribution in [3.05, 3.63) is 23.8 Å². The van der Waals surface area contributed by atoms with E-state index >= 15 is 0 Å². The molecule has 4 heteroatoms. The van der Waals surface area contributed by atoms with Crippen molar-refractivity contribution in [1.82, 2.24) is 5.32 Å². The van der Waals surface area contributed by atoms with Gasteiger partial charge in [-0.2, -0.15) is 0 Å². The molecule has 1 aromatic rings. The zero-order chi connectivity index (χ0) is 15.1. The molecule has 0 aromatic heterocycles. The predicted octanol–water partition coefficient (Wildman–Crippen LogP) is 3.26. The highest BCUT2D eigenvalue weighted by Crippen LogP contribution is 2.33. The van der Waals surface area contributed by atoms with Gasteiger partial charge in [-0.15, -0.1) is 0 Å². The lowest BCUT2D eigenvalue weighted by molar-refractivity contribution is -0.121. The monoisotopic (exact) mass is 291 g/mol. The van der Waals surface area contributed by atoms with E-state index in [1.54, 1.807) is 0 Å². The Morgan fingerprint density at radius 2 is 2.00 bits per heavy atom. The number of carbonyl (C=O) groups is 1. The first-order valence-electron chi connectivity index (χ1n) is 7.87. The number of hydrogen-bond donors (Lipinski definition) is 1. The van der Waals surface area contributed by atoms with Crippen LogP contribution in [0.5, 0.6) is 11.5 Å². The number of fused-ring (bicyclic) bond motifs is 1. The van der Waals surface area contributed by atoms with Crippen LogP contribution >= 0.6 is 0 Å². The Kier molecular flexibility index (Phi) is 5.90. The van der Waals surface area contributed by atoms with E-state index < -0.39 is 0 Å². The molecule has 0 aliphatic carbocycles. The molecule has 1 unspecified atom stereocenters. The first-order valence-corrected chi connectivity index (χ1v) is 7.87. The maximum absolute atomic E-state index is 11.9. The zero-order valence-electron chi connectivity index (χ0n) is 13.0. The van der Waals surface area contributed by atoms with Crippen LogP contribution in [0.25, 0.3) is 0 Å². The maximum atomic E-state index is 11.9. The molecular formula is C17H25NO3. The highest BCUT2D eigenvalue weighted by Gasteiger charge is 2.16. The molecule has 0 saturated carbocycles. The van der Waals surface area contributed by atoms with Crippen LogP contribution in [0.2, 0.25) is 0 Å². The lowest BCUT2D eigenvalue weighted by Gasteiger charge is -2.20. The van der Waals surface area contributed by atoms with Crippen LogP contribution in [-0.2, 0) is 4.79 Å². The standard InChI is InChI=1S/C17H25NO3/c1-3-4-5-8-18-17(19)11-13(2)14-6-7-15-16(12-14)21-10-9-20-15/h6-7,12-13H,3-5,8-11H2,1-2H3,(H,18,19). The quantitative estimate of drug-likeness (QED) is 0.784. The lowest BCUT2D eigenvalue weighted by atomic mass is 9.97. The molecule has 1 N–H and O–H groups in total. The minimum Gasteiger partial charge on any atom is -0.486 e. The van der Waals surface area contributed by atoms with Gasteiger partial charge in [-0.25, -0.2) is 0 Å². The predicted molar refractivity (Wildman–Crippen MR) is 83.0 cm³/mol. The molecule has 0 fully saturated rings. The summed E-state index contributed by atoms with van der Waals surface area (Å²) < 4.78 is 11.1. The molecular weight excluding hydrogens is 266 g/mol. The van der Waals surface area contributed by atoms with Gasteiger partial charge in [0.05, 0.1) is 0 Å². The minimum atomic E-state index is 0.119. The van der Waals surface area contributed by atoms with Crippen LogP contribution in [-0.4, -0.2) is 25.7 Å². The normalized spacial score (nSPS) is 14.6. The van der Waals surface area contributed by atoms with Crippen molar-refractivity contribution in [3.63, 3.8) is 0 Å². The van der Waals surface area contributed by atoms with E-state index in [2.05, 4.69) is 19.2 Å². The van der Waals surface area contributed by atoms with E-state index in [1.807, 2.05) is 18.2 Å². The third-order valence-electron chi connectivity index (χ3n) is 3.73. The Balaban J connectivity index is 1.85. The highest BCUT2D eigenvalue weighted by atomic mass is 16.6. The number of benzene rings is 1. The van der Waals surface area contributed by atoms with Crippen LogP contribution in [0.4, 0.5) is 0 Å². The van der Waals surface area contributed by atoms with Crippen LogP contribution in [0.15, 0.2) is 18.2 Å². The van der Waals surface area contributed by atoms with Gasteiger partial charge >= 0.3 is 0 Å². The fourth-order valence-electron chi connectivity index (χ4n) is 2.44. The van der Waals surface area contributed by atoms with Crippen molar-refractivity contribution in [3.8, 4) is 11.5 Å². The molecule has 2 rings (SSSR count). The fraction of sp³-hybridized carbons (Fsp3) is 0.588. The summed E-state index contributed by atoms with van der Waals surface area (Å²) in [6.45, 7) is 6.19. The lowest BCUT2D eigenvalue weighted by Crippen LogP contribution is -2.25. The first-order chi connectivity index (χ1) is 10.2. The third kappa shape index (κ3) is 4.66. The molecule has 1 heterocycles. The van der Waals surface area contributed by atoms with E-state index in [0.29, 0.717) is 19.6 Å². The number of amides is 1. The van der Waals surface area contributed by atoms with Crippen molar-refractivity contribution in [2.75, 3.05) is 19.8 Å². The second-order valence-electron chi connectivity index (χ2n) is 5.57. The van der Waals surface area contributed by atoms with Gasteiger partial charge in [-0.3, -0.25) is 4.79 Å². The summed E-state index contributed by atoms with van der Waals surface area (Å²) in [6, 6.07) is 5.94. The molecule has 1 aromatic carbocycles. The summed E-state index contributed by atoms with van der Waals surface area (Å²) in [4.78, 5) is 11.9. The van der Waals surface area contributed by atoms with Crippen LogP contribution in [0, 0.1) is 0 Å². The number of unbranched alkanes of at least 4 members (excludes halogenated alkanes) is 2. The fourth-order valence-corrected chi connectivity index (χ4v) is 2.44. The van der Waals surface area contributed by atoms with Crippen molar-refractivity contribution < 1.29 is 14.3 Å². The number of nitrogens with one attached hydrogen (secondary N) is 1. The molecule has 0 saturated heterocycles. The molecule has 1 amide bonds. The van der Waals surface area contributed by atoms with E-state index in [9.17, 15) is 4.79 Å². The van der Waals surface area contributed by atoms with Crippen LogP contribution < -0.4 is 14.8 Å². The molecule has 4 nitrogen and oxygen atoms in total. The van der Waals surface area contributed by atoms with Crippen LogP contribution in [0.3, 0.4) is 0 Å². The van der Waals surface area contributed by atoms with Crippen molar-refractivity contribution in [1.29, 1.82) is 0 Å². The average molecular weight is 291 g/mol. The maximum Gasteiger partial charge on any atom is 0.220 e. The average Bonchev–Trinajstić information content (AvgIpc) is 2.51. The van der Waals surface area contributed by atoms with Gasteiger partial charge in [-0.05, 0) is 30.0 Å². The second kappa shape index (κ2) is 7.91. The van der Waals surface area contributed by atoms with Crippen molar-refractivity contribution in [2.45, 2.75) is 45.4 Å². The second-order valence-corrected chi connectivity index (χ2v) is 5.57.